The lowest BCUT2D eigenvalue weighted by Crippen LogP contribution is -2.04. The summed E-state index contributed by atoms with van der Waals surface area (Å²) in [6.45, 7) is 2.11. The molecule has 19 heavy (non-hydrogen) atoms. The molecule has 0 aliphatic carbocycles. The highest BCUT2D eigenvalue weighted by atomic mass is 32.2. The van der Waals surface area contributed by atoms with Crippen LogP contribution in [0.4, 0.5) is 4.39 Å². The van der Waals surface area contributed by atoms with E-state index in [0.717, 1.165) is 16.2 Å². The summed E-state index contributed by atoms with van der Waals surface area (Å²) in [5.74, 6) is 0.394. The Hall–Kier alpha value is -1.13. The van der Waals surface area contributed by atoms with E-state index in [4.69, 9.17) is 0 Å². The van der Waals surface area contributed by atoms with Crippen LogP contribution in [0.2, 0.25) is 0 Å². The molecule has 1 heterocycles. The third-order valence-electron chi connectivity index (χ3n) is 2.65. The van der Waals surface area contributed by atoms with Crippen LogP contribution in [0.3, 0.4) is 0 Å². The molecular weight excluding hydrogens is 279 g/mol. The third-order valence-corrected chi connectivity index (χ3v) is 4.95. The molecule has 0 bridgehead atoms. The number of hydrogen-bond donors (Lipinski definition) is 0. The van der Waals surface area contributed by atoms with E-state index < -0.39 is 0 Å². The molecular formula is C15H15FOS2. The zero-order chi connectivity index (χ0) is 13.7. The van der Waals surface area contributed by atoms with Gasteiger partial charge in [-0.15, -0.1) is 23.1 Å². The molecule has 0 aliphatic rings. The van der Waals surface area contributed by atoms with Gasteiger partial charge < -0.3 is 0 Å². The molecule has 2 rings (SSSR count). The van der Waals surface area contributed by atoms with Gasteiger partial charge in [0.1, 0.15) is 11.6 Å². The maximum atomic E-state index is 12.7. The number of thioether (sulfide) groups is 1. The summed E-state index contributed by atoms with van der Waals surface area (Å²) in [6, 6.07) is 10.4. The van der Waals surface area contributed by atoms with Crippen LogP contribution in [0.15, 0.2) is 41.3 Å². The minimum atomic E-state index is -0.249. The van der Waals surface area contributed by atoms with Crippen molar-refractivity contribution in [3.63, 3.8) is 0 Å². The number of ketones is 1. The summed E-state index contributed by atoms with van der Waals surface area (Å²) in [7, 11) is 0. The van der Waals surface area contributed by atoms with E-state index in [9.17, 15) is 9.18 Å². The largest absolute Gasteiger partial charge is 0.298 e. The summed E-state index contributed by atoms with van der Waals surface area (Å²) in [5, 5.41) is 0. The second-order valence-corrected chi connectivity index (χ2v) is 6.48. The Morgan fingerprint density at radius 3 is 2.47 bits per heavy atom. The van der Waals surface area contributed by atoms with Gasteiger partial charge in [-0.25, -0.2) is 4.39 Å². The molecule has 4 heteroatoms. The Labute approximate surface area is 120 Å². The van der Waals surface area contributed by atoms with Crippen LogP contribution in [0.25, 0.3) is 0 Å². The Balaban J connectivity index is 1.82. The van der Waals surface area contributed by atoms with Crippen molar-refractivity contribution < 1.29 is 9.18 Å². The zero-order valence-electron chi connectivity index (χ0n) is 10.7. The third kappa shape index (κ3) is 4.48. The molecule has 1 nitrogen and oxygen atoms in total. The summed E-state index contributed by atoms with van der Waals surface area (Å²) in [6.07, 6.45) is 1.52. The molecule has 100 valence electrons. The van der Waals surface area contributed by atoms with Crippen LogP contribution in [0.1, 0.15) is 16.7 Å². The first-order valence-corrected chi connectivity index (χ1v) is 7.95. The molecule has 0 saturated carbocycles. The standard InChI is InChI=1S/C15H15FOS2/c1-2-13-7-8-15(19-13)9-12(17)10-18-14-5-3-11(16)4-6-14/h3-8H,2,9-10H2,1H3. The molecule has 0 radical (unpaired) electrons. The zero-order valence-corrected chi connectivity index (χ0v) is 12.3. The van der Waals surface area contributed by atoms with Crippen LogP contribution in [-0.2, 0) is 17.6 Å². The Kier molecular flexibility index (Phi) is 5.16. The van der Waals surface area contributed by atoms with Gasteiger partial charge >= 0.3 is 0 Å². The van der Waals surface area contributed by atoms with E-state index in [1.807, 2.05) is 6.07 Å². The number of carbonyl (C=O) groups excluding carboxylic acids is 1. The molecule has 2 aromatic rings. The minimum absolute atomic E-state index is 0.207. The van der Waals surface area contributed by atoms with Gasteiger partial charge in [0.25, 0.3) is 0 Å². The maximum Gasteiger partial charge on any atom is 0.148 e. The van der Waals surface area contributed by atoms with Gasteiger partial charge in [-0.05, 0) is 42.8 Å². The number of halogens is 1. The molecule has 0 unspecified atom stereocenters. The average molecular weight is 294 g/mol. The van der Waals surface area contributed by atoms with Crippen molar-refractivity contribution in [3.05, 3.63) is 52.0 Å². The van der Waals surface area contributed by atoms with Crippen LogP contribution in [-0.4, -0.2) is 11.5 Å². The predicted octanol–water partition coefficient (Wildman–Crippen LogP) is 4.35. The number of rotatable bonds is 6. The quantitative estimate of drug-likeness (QED) is 0.737. The van der Waals surface area contributed by atoms with E-state index in [-0.39, 0.29) is 11.6 Å². The van der Waals surface area contributed by atoms with E-state index in [1.54, 1.807) is 23.5 Å². The molecule has 1 aromatic heterocycles. The molecule has 0 fully saturated rings. The number of benzene rings is 1. The number of Topliss-reactive ketones (excluding diaryl/α,β-unsaturated/α-hetero) is 1. The summed E-state index contributed by atoms with van der Waals surface area (Å²) >= 11 is 3.16. The molecule has 0 amide bonds. The maximum absolute atomic E-state index is 12.7. The van der Waals surface area contributed by atoms with Gasteiger partial charge in [0.05, 0.1) is 5.75 Å². The highest BCUT2D eigenvalue weighted by molar-refractivity contribution is 8.00. The van der Waals surface area contributed by atoms with E-state index in [1.165, 1.54) is 28.8 Å². The van der Waals surface area contributed by atoms with Gasteiger partial charge in [-0.2, -0.15) is 0 Å². The topological polar surface area (TPSA) is 17.1 Å². The van der Waals surface area contributed by atoms with Gasteiger partial charge in [0.15, 0.2) is 0 Å². The first-order chi connectivity index (χ1) is 9.17. The van der Waals surface area contributed by atoms with Gasteiger partial charge in [0, 0.05) is 21.1 Å². The highest BCUT2D eigenvalue weighted by Gasteiger charge is 2.07. The van der Waals surface area contributed by atoms with E-state index in [2.05, 4.69) is 13.0 Å². The summed E-state index contributed by atoms with van der Waals surface area (Å²) in [5.41, 5.74) is 0. The molecule has 0 saturated heterocycles. The van der Waals surface area contributed by atoms with Crippen molar-refractivity contribution in [2.45, 2.75) is 24.7 Å². The molecule has 0 spiro atoms. The Morgan fingerprint density at radius 2 is 1.84 bits per heavy atom. The van der Waals surface area contributed by atoms with Crippen molar-refractivity contribution in [1.29, 1.82) is 0 Å². The number of carbonyl (C=O) groups is 1. The lowest BCUT2D eigenvalue weighted by atomic mass is 10.2. The average Bonchev–Trinajstić information content (AvgIpc) is 2.86. The highest BCUT2D eigenvalue weighted by Crippen LogP contribution is 2.21. The van der Waals surface area contributed by atoms with Crippen LogP contribution >= 0.6 is 23.1 Å². The lowest BCUT2D eigenvalue weighted by molar-refractivity contribution is -0.115. The van der Waals surface area contributed by atoms with Crippen LogP contribution in [0, 0.1) is 5.82 Å². The molecule has 0 N–H and O–H groups in total. The van der Waals surface area contributed by atoms with Crippen molar-refractivity contribution in [1.82, 2.24) is 0 Å². The molecule has 0 atom stereocenters. The van der Waals surface area contributed by atoms with Gasteiger partial charge in [-0.3, -0.25) is 4.79 Å². The predicted molar refractivity (Wildman–Crippen MR) is 79.5 cm³/mol. The summed E-state index contributed by atoms with van der Waals surface area (Å²) < 4.78 is 12.7. The first-order valence-electron chi connectivity index (χ1n) is 6.15. The first kappa shape index (κ1) is 14.3. The number of thiophene rings is 1. The molecule has 0 aliphatic heterocycles. The van der Waals surface area contributed by atoms with Crippen LogP contribution < -0.4 is 0 Å². The van der Waals surface area contributed by atoms with Crippen molar-refractivity contribution >= 4 is 28.9 Å². The second-order valence-electron chi connectivity index (χ2n) is 4.18. The van der Waals surface area contributed by atoms with Crippen LogP contribution in [0.5, 0.6) is 0 Å². The monoisotopic (exact) mass is 294 g/mol. The second kappa shape index (κ2) is 6.87. The normalized spacial score (nSPS) is 10.6. The number of hydrogen-bond acceptors (Lipinski definition) is 3. The Morgan fingerprint density at radius 1 is 1.16 bits per heavy atom. The fourth-order valence-electron chi connectivity index (χ4n) is 1.65. The van der Waals surface area contributed by atoms with E-state index >= 15 is 0 Å². The van der Waals surface area contributed by atoms with Crippen molar-refractivity contribution in [3.8, 4) is 0 Å². The summed E-state index contributed by atoms with van der Waals surface area (Å²) in [4.78, 5) is 15.2. The Bertz CT molecular complexity index is 546. The molecule has 1 aromatic carbocycles. The fourth-order valence-corrected chi connectivity index (χ4v) is 3.39. The van der Waals surface area contributed by atoms with Gasteiger partial charge in [-0.1, -0.05) is 6.92 Å². The smallest absolute Gasteiger partial charge is 0.148 e. The van der Waals surface area contributed by atoms with E-state index in [0.29, 0.717) is 12.2 Å². The SMILES string of the molecule is CCc1ccc(CC(=O)CSc2ccc(F)cc2)s1. The minimum Gasteiger partial charge on any atom is -0.298 e. The van der Waals surface area contributed by atoms with Gasteiger partial charge in [0.2, 0.25) is 0 Å². The van der Waals surface area contributed by atoms with Crippen molar-refractivity contribution in [2.24, 2.45) is 0 Å². The number of aryl methyl sites for hydroxylation is 1. The van der Waals surface area contributed by atoms with Crippen molar-refractivity contribution in [2.75, 3.05) is 5.75 Å². The fraction of sp³-hybridized carbons (Fsp3) is 0.267. The lowest BCUT2D eigenvalue weighted by Gasteiger charge is -2.00.